The maximum absolute atomic E-state index is 13.2. The molecule has 10 heteroatoms. The molecule has 0 amide bonds. The molecule has 4 unspecified atom stereocenters. The Morgan fingerprint density at radius 1 is 0.721 bits per heavy atom. The van der Waals surface area contributed by atoms with Gasteiger partial charge in [-0.2, -0.15) is 0 Å². The maximum Gasteiger partial charge on any atom is 0.309 e. The van der Waals surface area contributed by atoms with E-state index < -0.39 is 64.7 Å². The predicted molar refractivity (Wildman–Crippen MR) is 158 cm³/mol. The minimum Gasteiger partial charge on any atom is -0.481 e. The Bertz CT molecular complexity index is 1010. The van der Waals surface area contributed by atoms with Crippen LogP contribution in [0.4, 0.5) is 0 Å². The summed E-state index contributed by atoms with van der Waals surface area (Å²) in [5.41, 5.74) is -1.32. The monoisotopic (exact) mass is 610 g/mol. The van der Waals surface area contributed by atoms with Crippen molar-refractivity contribution in [1.29, 1.82) is 0 Å². The lowest BCUT2D eigenvalue weighted by atomic mass is 9.84. The average Bonchev–Trinajstić information content (AvgIpc) is 3.20. The molecule has 4 atom stereocenters. The molecule has 0 spiro atoms. The minimum absolute atomic E-state index is 0.00540. The summed E-state index contributed by atoms with van der Waals surface area (Å²) in [5.74, 6) is -5.78. The number of aliphatic carboxylic acids is 2. The number of carboxylic acids is 2. The van der Waals surface area contributed by atoms with Crippen molar-refractivity contribution in [2.75, 3.05) is 26.4 Å². The fourth-order valence-electron chi connectivity index (χ4n) is 6.59. The Hall–Kier alpha value is -2.20. The largest absolute Gasteiger partial charge is 0.481 e. The number of hydrogen-bond acceptors (Lipinski definition) is 8. The van der Waals surface area contributed by atoms with E-state index in [1.807, 2.05) is 20.8 Å². The van der Waals surface area contributed by atoms with E-state index >= 15 is 0 Å². The first-order valence-electron chi connectivity index (χ1n) is 15.9. The third kappa shape index (κ3) is 9.16. The number of ether oxygens (including phenoxy) is 4. The second-order valence-corrected chi connectivity index (χ2v) is 15.6. The van der Waals surface area contributed by atoms with Gasteiger partial charge in [-0.3, -0.25) is 19.2 Å². The van der Waals surface area contributed by atoms with Crippen LogP contribution in [0.2, 0.25) is 0 Å². The zero-order valence-corrected chi connectivity index (χ0v) is 27.2. The molecule has 3 rings (SSSR count). The molecule has 2 aliphatic carbocycles. The van der Waals surface area contributed by atoms with Crippen LogP contribution in [-0.2, 0) is 38.1 Å². The van der Waals surface area contributed by atoms with E-state index in [4.69, 9.17) is 18.9 Å². The summed E-state index contributed by atoms with van der Waals surface area (Å²) in [5, 5.41) is 19.6. The summed E-state index contributed by atoms with van der Waals surface area (Å²) >= 11 is 0. The lowest BCUT2D eigenvalue weighted by Crippen LogP contribution is -2.51. The summed E-state index contributed by atoms with van der Waals surface area (Å²) in [4.78, 5) is 50.1. The average molecular weight is 611 g/mol. The molecule has 0 aromatic carbocycles. The van der Waals surface area contributed by atoms with Gasteiger partial charge in [0.1, 0.15) is 13.2 Å². The zero-order chi connectivity index (χ0) is 32.2. The van der Waals surface area contributed by atoms with E-state index in [0.29, 0.717) is 32.1 Å². The summed E-state index contributed by atoms with van der Waals surface area (Å²) in [6, 6.07) is 0. The molecule has 246 valence electrons. The van der Waals surface area contributed by atoms with Crippen molar-refractivity contribution in [2.24, 2.45) is 45.3 Å². The zero-order valence-electron chi connectivity index (χ0n) is 27.2. The van der Waals surface area contributed by atoms with Crippen molar-refractivity contribution in [3.8, 4) is 0 Å². The Balaban J connectivity index is 1.55. The Morgan fingerprint density at radius 2 is 1.12 bits per heavy atom. The molecule has 0 aromatic heterocycles. The predicted octanol–water partition coefficient (Wildman–Crippen LogP) is 5.70. The molecule has 0 radical (unpaired) electrons. The number of carbonyl (C=O) groups excluding carboxylic acids is 2. The highest BCUT2D eigenvalue weighted by atomic mass is 16.7. The highest BCUT2D eigenvalue weighted by Crippen LogP contribution is 2.42. The first-order valence-corrected chi connectivity index (χ1v) is 15.9. The van der Waals surface area contributed by atoms with Crippen LogP contribution in [0, 0.1) is 45.3 Å². The van der Waals surface area contributed by atoms with Gasteiger partial charge in [-0.25, -0.2) is 0 Å². The fourth-order valence-corrected chi connectivity index (χ4v) is 6.59. The standard InChI is InChI=1S/C33H54O10/c1-8-33(18-41-28(39)24-12-16-31(4,5)14-10-22(24)26(36)37)19-42-29(43-20-33)32(6,7)17-40-27(38)23-11-15-30(2,3)13-9-21(23)25(34)35/h21-24,29H,8-20H2,1-7H3,(H,34,35)(H,36,37). The van der Waals surface area contributed by atoms with Crippen LogP contribution in [0.3, 0.4) is 0 Å². The molecule has 10 nitrogen and oxygen atoms in total. The first kappa shape index (κ1) is 35.3. The van der Waals surface area contributed by atoms with Crippen molar-refractivity contribution in [3.63, 3.8) is 0 Å². The van der Waals surface area contributed by atoms with Gasteiger partial charge < -0.3 is 29.2 Å². The Labute approximate surface area is 256 Å². The highest BCUT2D eigenvalue weighted by molar-refractivity contribution is 5.82. The number of rotatable bonds is 10. The van der Waals surface area contributed by atoms with E-state index in [9.17, 15) is 29.4 Å². The van der Waals surface area contributed by atoms with Gasteiger partial charge >= 0.3 is 23.9 Å². The topological polar surface area (TPSA) is 146 Å². The van der Waals surface area contributed by atoms with Crippen LogP contribution in [0.15, 0.2) is 0 Å². The SMILES string of the molecule is CCC1(COC(=O)C2CCC(C)(C)CCC2C(=O)O)COC(C(C)(C)COC(=O)C2CCC(C)(C)CCC2C(=O)O)OC1. The van der Waals surface area contributed by atoms with Crippen LogP contribution in [0.1, 0.15) is 106 Å². The van der Waals surface area contributed by atoms with Crippen molar-refractivity contribution in [1.82, 2.24) is 0 Å². The van der Waals surface area contributed by atoms with Gasteiger partial charge in [0.15, 0.2) is 6.29 Å². The molecule has 1 heterocycles. The van der Waals surface area contributed by atoms with Crippen molar-refractivity contribution in [3.05, 3.63) is 0 Å². The van der Waals surface area contributed by atoms with E-state index in [1.54, 1.807) is 0 Å². The minimum atomic E-state index is -0.962. The molecule has 0 bridgehead atoms. The molecule has 1 aliphatic heterocycles. The third-order valence-corrected chi connectivity index (χ3v) is 10.3. The van der Waals surface area contributed by atoms with Crippen molar-refractivity contribution >= 4 is 23.9 Å². The molecule has 3 aliphatic rings. The number of carboxylic acid groups (broad SMARTS) is 2. The van der Waals surface area contributed by atoms with Crippen LogP contribution in [0.25, 0.3) is 0 Å². The number of hydrogen-bond donors (Lipinski definition) is 2. The van der Waals surface area contributed by atoms with Gasteiger partial charge in [-0.05, 0) is 68.6 Å². The summed E-state index contributed by atoms with van der Waals surface area (Å²) in [6.45, 7) is 14.7. The maximum atomic E-state index is 13.2. The first-order chi connectivity index (χ1) is 19.9. The van der Waals surface area contributed by atoms with Crippen LogP contribution >= 0.6 is 0 Å². The molecular weight excluding hydrogens is 556 g/mol. The van der Waals surface area contributed by atoms with Gasteiger partial charge in [-0.15, -0.1) is 0 Å². The number of esters is 2. The van der Waals surface area contributed by atoms with Crippen molar-refractivity contribution < 1.29 is 48.3 Å². The molecular formula is C33H54O10. The molecule has 1 saturated heterocycles. The molecule has 0 aromatic rings. The Morgan fingerprint density at radius 3 is 1.51 bits per heavy atom. The highest BCUT2D eigenvalue weighted by Gasteiger charge is 2.46. The van der Waals surface area contributed by atoms with E-state index in [-0.39, 0.29) is 37.3 Å². The lowest BCUT2D eigenvalue weighted by Gasteiger charge is -2.44. The quantitative estimate of drug-likeness (QED) is 0.233. The third-order valence-electron chi connectivity index (χ3n) is 10.3. The van der Waals surface area contributed by atoms with Crippen LogP contribution in [-0.4, -0.2) is 66.8 Å². The second-order valence-electron chi connectivity index (χ2n) is 15.6. The normalized spacial score (nSPS) is 33.0. The van der Waals surface area contributed by atoms with Crippen LogP contribution < -0.4 is 0 Å². The van der Waals surface area contributed by atoms with E-state index in [1.165, 1.54) is 0 Å². The smallest absolute Gasteiger partial charge is 0.309 e. The van der Waals surface area contributed by atoms with Gasteiger partial charge in [0.25, 0.3) is 0 Å². The number of carbonyl (C=O) groups is 4. The summed E-state index contributed by atoms with van der Waals surface area (Å²) in [6.07, 6.45) is 4.81. The molecule has 2 saturated carbocycles. The van der Waals surface area contributed by atoms with Gasteiger partial charge in [0.05, 0.1) is 42.3 Å². The van der Waals surface area contributed by atoms with Gasteiger partial charge in [0.2, 0.25) is 0 Å². The van der Waals surface area contributed by atoms with Crippen LogP contribution in [0.5, 0.6) is 0 Å². The second kappa shape index (κ2) is 13.8. The fraction of sp³-hybridized carbons (Fsp3) is 0.879. The van der Waals surface area contributed by atoms with E-state index in [2.05, 4.69) is 27.7 Å². The van der Waals surface area contributed by atoms with Gasteiger partial charge in [0, 0.05) is 5.41 Å². The lowest BCUT2D eigenvalue weighted by molar-refractivity contribution is -0.281. The molecule has 3 fully saturated rings. The summed E-state index contributed by atoms with van der Waals surface area (Å²) < 4.78 is 23.7. The van der Waals surface area contributed by atoms with Gasteiger partial charge in [-0.1, -0.05) is 48.5 Å². The Kier molecular flexibility index (Phi) is 11.4. The molecule has 43 heavy (non-hydrogen) atoms. The summed E-state index contributed by atoms with van der Waals surface area (Å²) in [7, 11) is 0. The van der Waals surface area contributed by atoms with Crippen molar-refractivity contribution in [2.45, 2.75) is 113 Å². The molecule has 2 N–H and O–H groups in total. The van der Waals surface area contributed by atoms with E-state index in [0.717, 1.165) is 25.7 Å².